The predicted molar refractivity (Wildman–Crippen MR) is 78.9 cm³/mol. The van der Waals surface area contributed by atoms with E-state index in [1.165, 1.54) is 0 Å². The Balaban J connectivity index is 2.03. The maximum absolute atomic E-state index is 8.94. The van der Waals surface area contributed by atoms with Crippen LogP contribution in [0.3, 0.4) is 0 Å². The lowest BCUT2D eigenvalue weighted by molar-refractivity contribution is 0.0454. The highest BCUT2D eigenvalue weighted by Gasteiger charge is 2.40. The van der Waals surface area contributed by atoms with Crippen molar-refractivity contribution in [2.24, 2.45) is 4.99 Å². The molecule has 20 heavy (non-hydrogen) atoms. The van der Waals surface area contributed by atoms with Crippen LogP contribution in [0.1, 0.15) is 31.2 Å². The van der Waals surface area contributed by atoms with E-state index < -0.39 is 0 Å². The lowest BCUT2D eigenvalue weighted by Crippen LogP contribution is -2.42. The molecule has 0 aliphatic carbocycles. The second-order valence-electron chi connectivity index (χ2n) is 5.23. The van der Waals surface area contributed by atoms with Crippen molar-refractivity contribution in [2.45, 2.75) is 31.3 Å². The van der Waals surface area contributed by atoms with Crippen LogP contribution in [0.5, 0.6) is 5.75 Å². The average molecular weight is 335 g/mol. The molecule has 0 N–H and O–H groups in total. The summed E-state index contributed by atoms with van der Waals surface area (Å²) < 4.78 is 12.8. The standard InChI is InChI=1S/C15H15BrN2O2/c16-11-2-3-14-12(8-11)13(18-10-17)9-15(20-14)4-1-6-19-7-5-15/h2-3,8H,1,4-7,9H2. The normalized spacial score (nSPS) is 27.5. The summed E-state index contributed by atoms with van der Waals surface area (Å²) in [6, 6.07) is 5.86. The minimum absolute atomic E-state index is 0.271. The van der Waals surface area contributed by atoms with Crippen molar-refractivity contribution in [1.29, 1.82) is 5.26 Å². The highest BCUT2D eigenvalue weighted by Crippen LogP contribution is 2.40. The van der Waals surface area contributed by atoms with Crippen molar-refractivity contribution < 1.29 is 9.47 Å². The molecular weight excluding hydrogens is 320 g/mol. The molecule has 0 amide bonds. The van der Waals surface area contributed by atoms with Gasteiger partial charge in [-0.3, -0.25) is 0 Å². The zero-order valence-corrected chi connectivity index (χ0v) is 12.6. The van der Waals surface area contributed by atoms with Crippen molar-refractivity contribution in [3.8, 4) is 11.9 Å². The van der Waals surface area contributed by atoms with Gasteiger partial charge in [-0.2, -0.15) is 10.3 Å². The molecule has 2 heterocycles. The summed E-state index contributed by atoms with van der Waals surface area (Å²) in [5, 5.41) is 8.94. The first-order chi connectivity index (χ1) is 9.72. The van der Waals surface area contributed by atoms with Gasteiger partial charge in [-0.1, -0.05) is 15.9 Å². The molecule has 1 aromatic rings. The smallest absolute Gasteiger partial charge is 0.205 e. The molecule has 1 fully saturated rings. The molecule has 104 valence electrons. The number of halogens is 1. The molecule has 2 aliphatic rings. The summed E-state index contributed by atoms with van der Waals surface area (Å²) in [4.78, 5) is 4.03. The summed E-state index contributed by atoms with van der Waals surface area (Å²) in [5.74, 6) is 0.815. The first kappa shape index (κ1) is 13.6. The van der Waals surface area contributed by atoms with Crippen LogP contribution in [0.25, 0.3) is 0 Å². The van der Waals surface area contributed by atoms with Gasteiger partial charge in [0.05, 0.1) is 12.3 Å². The van der Waals surface area contributed by atoms with Crippen LogP contribution in [0, 0.1) is 11.5 Å². The molecule has 5 heteroatoms. The van der Waals surface area contributed by atoms with Crippen LogP contribution in [-0.4, -0.2) is 24.5 Å². The fourth-order valence-corrected chi connectivity index (χ4v) is 3.27. The minimum Gasteiger partial charge on any atom is -0.486 e. The Morgan fingerprint density at radius 1 is 1.30 bits per heavy atom. The molecule has 0 radical (unpaired) electrons. The van der Waals surface area contributed by atoms with Crippen LogP contribution in [0.15, 0.2) is 27.7 Å². The number of fused-ring (bicyclic) bond motifs is 1. The quantitative estimate of drug-likeness (QED) is 0.683. The van der Waals surface area contributed by atoms with Gasteiger partial charge in [-0.05, 0) is 31.0 Å². The van der Waals surface area contributed by atoms with E-state index in [9.17, 15) is 0 Å². The van der Waals surface area contributed by atoms with E-state index in [0.29, 0.717) is 13.0 Å². The summed E-state index contributed by atoms with van der Waals surface area (Å²) in [6.07, 6.45) is 5.35. The number of hydrogen-bond donors (Lipinski definition) is 0. The Morgan fingerprint density at radius 2 is 2.20 bits per heavy atom. The van der Waals surface area contributed by atoms with Gasteiger partial charge in [-0.15, -0.1) is 0 Å². The zero-order valence-electron chi connectivity index (χ0n) is 11.1. The number of aliphatic imine (C=N–C) groups is 1. The number of benzene rings is 1. The third-order valence-corrected chi connectivity index (χ3v) is 4.37. The average Bonchev–Trinajstić information content (AvgIpc) is 2.66. The molecule has 0 aromatic heterocycles. The monoisotopic (exact) mass is 334 g/mol. The molecule has 0 bridgehead atoms. The van der Waals surface area contributed by atoms with Crippen LogP contribution in [0.2, 0.25) is 0 Å². The molecule has 4 nitrogen and oxygen atoms in total. The Hall–Kier alpha value is -1.38. The van der Waals surface area contributed by atoms with Crippen LogP contribution in [0.4, 0.5) is 0 Å². The molecule has 3 rings (SSSR count). The highest BCUT2D eigenvalue weighted by molar-refractivity contribution is 9.10. The van der Waals surface area contributed by atoms with Crippen LogP contribution < -0.4 is 4.74 Å². The van der Waals surface area contributed by atoms with Gasteiger partial charge in [0.25, 0.3) is 0 Å². The molecule has 1 unspecified atom stereocenters. The fourth-order valence-electron chi connectivity index (χ4n) is 2.91. The van der Waals surface area contributed by atoms with E-state index in [0.717, 1.165) is 47.4 Å². The summed E-state index contributed by atoms with van der Waals surface area (Å²) in [6.45, 7) is 1.48. The molecular formula is C15H15BrN2O2. The third kappa shape index (κ3) is 2.58. The van der Waals surface area contributed by atoms with Gasteiger partial charge >= 0.3 is 0 Å². The molecule has 1 aromatic carbocycles. The van der Waals surface area contributed by atoms with Crippen molar-refractivity contribution in [2.75, 3.05) is 13.2 Å². The van der Waals surface area contributed by atoms with Gasteiger partial charge in [-0.25, -0.2) is 0 Å². The van der Waals surface area contributed by atoms with Gasteiger partial charge in [0.2, 0.25) is 6.19 Å². The summed E-state index contributed by atoms with van der Waals surface area (Å²) in [5.41, 5.74) is 1.46. The van der Waals surface area contributed by atoms with E-state index in [2.05, 4.69) is 20.9 Å². The third-order valence-electron chi connectivity index (χ3n) is 3.88. The second-order valence-corrected chi connectivity index (χ2v) is 6.14. The van der Waals surface area contributed by atoms with Gasteiger partial charge < -0.3 is 9.47 Å². The number of hydrogen-bond acceptors (Lipinski definition) is 4. The Morgan fingerprint density at radius 3 is 3.05 bits per heavy atom. The lowest BCUT2D eigenvalue weighted by atomic mass is 9.84. The van der Waals surface area contributed by atoms with E-state index in [4.69, 9.17) is 14.7 Å². The molecule has 1 saturated heterocycles. The van der Waals surface area contributed by atoms with Crippen molar-refractivity contribution in [3.05, 3.63) is 28.2 Å². The van der Waals surface area contributed by atoms with Gasteiger partial charge in [0.15, 0.2) is 0 Å². The predicted octanol–water partition coefficient (Wildman–Crippen LogP) is 3.44. The first-order valence-corrected chi connectivity index (χ1v) is 7.54. The topological polar surface area (TPSA) is 54.6 Å². The van der Waals surface area contributed by atoms with Gasteiger partial charge in [0.1, 0.15) is 11.4 Å². The molecule has 1 spiro atoms. The number of rotatable bonds is 0. The molecule has 1 atom stereocenters. The van der Waals surface area contributed by atoms with Crippen molar-refractivity contribution in [1.82, 2.24) is 0 Å². The Bertz CT molecular complexity index is 584. The van der Waals surface area contributed by atoms with Crippen molar-refractivity contribution >= 4 is 21.6 Å². The van der Waals surface area contributed by atoms with Crippen LogP contribution >= 0.6 is 15.9 Å². The maximum Gasteiger partial charge on any atom is 0.205 e. The zero-order chi connectivity index (χ0) is 14.0. The molecule has 0 saturated carbocycles. The van der Waals surface area contributed by atoms with Crippen molar-refractivity contribution in [3.63, 3.8) is 0 Å². The maximum atomic E-state index is 8.94. The SMILES string of the molecule is N#CN=C1CC2(CCCOCC2)Oc2ccc(Br)cc21. The van der Waals surface area contributed by atoms with E-state index in [-0.39, 0.29) is 5.60 Å². The first-order valence-electron chi connectivity index (χ1n) is 6.75. The van der Waals surface area contributed by atoms with E-state index >= 15 is 0 Å². The second kappa shape index (κ2) is 5.55. The summed E-state index contributed by atoms with van der Waals surface area (Å²) in [7, 11) is 0. The summed E-state index contributed by atoms with van der Waals surface area (Å²) >= 11 is 3.46. The Labute approximate surface area is 126 Å². The molecule has 2 aliphatic heterocycles. The van der Waals surface area contributed by atoms with E-state index in [1.54, 1.807) is 0 Å². The number of nitrogens with zero attached hydrogens (tertiary/aromatic N) is 2. The number of ether oxygens (including phenoxy) is 2. The van der Waals surface area contributed by atoms with E-state index in [1.807, 2.05) is 24.4 Å². The Kier molecular flexibility index (Phi) is 3.77. The minimum atomic E-state index is -0.271. The fraction of sp³-hybridized carbons (Fsp3) is 0.467. The van der Waals surface area contributed by atoms with Crippen LogP contribution in [-0.2, 0) is 4.74 Å². The lowest BCUT2D eigenvalue weighted by Gasteiger charge is -2.38. The highest BCUT2D eigenvalue weighted by atomic mass is 79.9. The van der Waals surface area contributed by atoms with Gasteiger partial charge in [0, 0.05) is 29.5 Å². The largest absolute Gasteiger partial charge is 0.486 e. The number of nitriles is 1.